The molecule has 0 aromatic rings. The molecule has 3 nitrogen and oxygen atoms in total. The van der Waals surface area contributed by atoms with E-state index in [1.165, 1.54) is 25.9 Å². The maximum absolute atomic E-state index is 5.45. The summed E-state index contributed by atoms with van der Waals surface area (Å²) in [6.45, 7) is 10.2. The largest absolute Gasteiger partial charge is 0.379 e. The fourth-order valence-corrected chi connectivity index (χ4v) is 2.05. The first-order valence-electron chi connectivity index (χ1n) is 6.37. The molecule has 1 fully saturated rings. The van der Waals surface area contributed by atoms with Gasteiger partial charge in [0.05, 0.1) is 5.60 Å². The number of methoxy groups -OCH3 is 1. The highest BCUT2D eigenvalue weighted by atomic mass is 16.5. The van der Waals surface area contributed by atoms with Gasteiger partial charge in [-0.2, -0.15) is 0 Å². The minimum Gasteiger partial charge on any atom is -0.379 e. The molecule has 1 aliphatic rings. The first-order chi connectivity index (χ1) is 7.41. The van der Waals surface area contributed by atoms with Crippen LogP contribution >= 0.6 is 0 Å². The molecule has 0 aliphatic carbocycles. The topological polar surface area (TPSA) is 24.5 Å². The van der Waals surface area contributed by atoms with Crippen LogP contribution in [0, 0.1) is 0 Å². The van der Waals surface area contributed by atoms with Gasteiger partial charge in [0, 0.05) is 19.2 Å². The lowest BCUT2D eigenvalue weighted by Crippen LogP contribution is -2.50. The van der Waals surface area contributed by atoms with E-state index < -0.39 is 0 Å². The van der Waals surface area contributed by atoms with E-state index in [0.717, 1.165) is 13.0 Å². The van der Waals surface area contributed by atoms with Crippen LogP contribution in [0.2, 0.25) is 0 Å². The lowest BCUT2D eigenvalue weighted by atomic mass is 9.89. The summed E-state index contributed by atoms with van der Waals surface area (Å²) in [5, 5.41) is 3.43. The van der Waals surface area contributed by atoms with E-state index in [1.807, 2.05) is 0 Å². The molecule has 3 heteroatoms. The van der Waals surface area contributed by atoms with Gasteiger partial charge in [-0.05, 0) is 60.2 Å². The van der Waals surface area contributed by atoms with Crippen LogP contribution in [0.4, 0.5) is 0 Å². The molecule has 1 aliphatic heterocycles. The highest BCUT2D eigenvalue weighted by Gasteiger charge is 2.28. The average molecular weight is 228 g/mol. The van der Waals surface area contributed by atoms with Crippen LogP contribution in [-0.2, 0) is 4.74 Å². The molecule has 1 rings (SSSR count). The smallest absolute Gasteiger partial charge is 0.0634 e. The van der Waals surface area contributed by atoms with Crippen molar-refractivity contribution in [3.05, 3.63) is 0 Å². The van der Waals surface area contributed by atoms with E-state index in [0.29, 0.717) is 5.54 Å². The molecule has 0 radical (unpaired) electrons. The zero-order chi connectivity index (χ0) is 12.2. The summed E-state index contributed by atoms with van der Waals surface area (Å²) in [5.41, 5.74) is 0.372. The van der Waals surface area contributed by atoms with Gasteiger partial charge in [0.25, 0.3) is 0 Å². The molecule has 16 heavy (non-hydrogen) atoms. The van der Waals surface area contributed by atoms with Gasteiger partial charge in [0.2, 0.25) is 0 Å². The number of piperidine rings is 1. The quantitative estimate of drug-likeness (QED) is 0.777. The minimum absolute atomic E-state index is 0.0176. The first kappa shape index (κ1) is 13.9. The van der Waals surface area contributed by atoms with Gasteiger partial charge in [0.15, 0.2) is 0 Å². The molecule has 96 valence electrons. The van der Waals surface area contributed by atoms with Crippen molar-refractivity contribution in [3.63, 3.8) is 0 Å². The summed E-state index contributed by atoms with van der Waals surface area (Å²) in [6, 6.07) is 0. The number of nitrogens with one attached hydrogen (secondary N) is 1. The third kappa shape index (κ3) is 4.04. The Morgan fingerprint density at radius 1 is 1.31 bits per heavy atom. The van der Waals surface area contributed by atoms with Crippen LogP contribution in [0.1, 0.15) is 40.0 Å². The number of rotatable bonds is 5. The second-order valence-electron chi connectivity index (χ2n) is 5.87. The molecule has 0 spiro atoms. The SMILES string of the molecule is CNC1(C)CCN(CCC(C)(C)OC)CC1. The minimum atomic E-state index is 0.0176. The van der Waals surface area contributed by atoms with Crippen molar-refractivity contribution in [2.75, 3.05) is 33.8 Å². The highest BCUT2D eigenvalue weighted by Crippen LogP contribution is 2.22. The molecule has 0 aromatic heterocycles. The Bertz CT molecular complexity index is 208. The van der Waals surface area contributed by atoms with E-state index in [2.05, 4.69) is 38.0 Å². The molecule has 1 saturated heterocycles. The fraction of sp³-hybridized carbons (Fsp3) is 1.00. The summed E-state index contributed by atoms with van der Waals surface area (Å²) in [6.07, 6.45) is 3.60. The molecule has 0 atom stereocenters. The van der Waals surface area contributed by atoms with Gasteiger partial charge in [-0.1, -0.05) is 0 Å². The maximum Gasteiger partial charge on any atom is 0.0634 e. The van der Waals surface area contributed by atoms with Gasteiger partial charge in [-0.25, -0.2) is 0 Å². The van der Waals surface area contributed by atoms with Crippen LogP contribution in [0.5, 0.6) is 0 Å². The Balaban J connectivity index is 2.28. The van der Waals surface area contributed by atoms with E-state index in [1.54, 1.807) is 7.11 Å². The molecule has 0 bridgehead atoms. The second kappa shape index (κ2) is 5.48. The number of likely N-dealkylation sites (tertiary alicyclic amines) is 1. The van der Waals surface area contributed by atoms with E-state index in [9.17, 15) is 0 Å². The van der Waals surface area contributed by atoms with Crippen molar-refractivity contribution < 1.29 is 4.74 Å². The van der Waals surface area contributed by atoms with Gasteiger partial charge in [-0.3, -0.25) is 0 Å². The monoisotopic (exact) mass is 228 g/mol. The molecule has 0 unspecified atom stereocenters. The maximum atomic E-state index is 5.45. The van der Waals surface area contributed by atoms with Crippen molar-refractivity contribution in [2.45, 2.75) is 51.2 Å². The molecular weight excluding hydrogens is 200 g/mol. The zero-order valence-electron chi connectivity index (χ0n) is 11.6. The molecule has 0 aromatic carbocycles. The van der Waals surface area contributed by atoms with E-state index >= 15 is 0 Å². The molecule has 0 amide bonds. The summed E-state index contributed by atoms with van der Waals surface area (Å²) in [5.74, 6) is 0. The van der Waals surface area contributed by atoms with Crippen LogP contribution < -0.4 is 5.32 Å². The predicted octanol–water partition coefficient (Wildman–Crippen LogP) is 1.88. The molecule has 0 saturated carbocycles. The number of hydrogen-bond acceptors (Lipinski definition) is 3. The van der Waals surface area contributed by atoms with Crippen LogP contribution in [-0.4, -0.2) is 49.8 Å². The van der Waals surface area contributed by atoms with E-state index in [-0.39, 0.29) is 5.60 Å². The highest BCUT2D eigenvalue weighted by molar-refractivity contribution is 4.88. The fourth-order valence-electron chi connectivity index (χ4n) is 2.05. The van der Waals surface area contributed by atoms with Gasteiger partial charge < -0.3 is 15.0 Å². The summed E-state index contributed by atoms with van der Waals surface area (Å²) in [7, 11) is 3.87. The summed E-state index contributed by atoms with van der Waals surface area (Å²) in [4.78, 5) is 2.56. The normalized spacial score (nSPS) is 22.3. The van der Waals surface area contributed by atoms with Crippen molar-refractivity contribution in [1.29, 1.82) is 0 Å². The summed E-state index contributed by atoms with van der Waals surface area (Å²) >= 11 is 0. The van der Waals surface area contributed by atoms with Gasteiger partial charge in [0.1, 0.15) is 0 Å². The Labute approximate surface area is 101 Å². The van der Waals surface area contributed by atoms with Crippen LogP contribution in [0.25, 0.3) is 0 Å². The second-order valence-corrected chi connectivity index (χ2v) is 5.87. The van der Waals surface area contributed by atoms with Gasteiger partial charge >= 0.3 is 0 Å². The third-order valence-corrected chi connectivity index (χ3v) is 4.15. The zero-order valence-corrected chi connectivity index (χ0v) is 11.6. The van der Waals surface area contributed by atoms with Crippen molar-refractivity contribution in [1.82, 2.24) is 10.2 Å². The molecule has 1 heterocycles. The van der Waals surface area contributed by atoms with Gasteiger partial charge in [-0.15, -0.1) is 0 Å². The Morgan fingerprint density at radius 3 is 2.31 bits per heavy atom. The van der Waals surface area contributed by atoms with Crippen molar-refractivity contribution in [2.24, 2.45) is 0 Å². The van der Waals surface area contributed by atoms with E-state index in [4.69, 9.17) is 4.74 Å². The lowest BCUT2D eigenvalue weighted by Gasteiger charge is -2.40. The number of ether oxygens (including phenoxy) is 1. The van der Waals surface area contributed by atoms with Crippen LogP contribution in [0.15, 0.2) is 0 Å². The summed E-state index contributed by atoms with van der Waals surface area (Å²) < 4.78 is 5.45. The number of hydrogen-bond donors (Lipinski definition) is 1. The lowest BCUT2D eigenvalue weighted by molar-refractivity contribution is 0.00399. The van der Waals surface area contributed by atoms with Crippen molar-refractivity contribution >= 4 is 0 Å². The van der Waals surface area contributed by atoms with Crippen LogP contribution in [0.3, 0.4) is 0 Å². The molecular formula is C13H28N2O. The standard InChI is InChI=1S/C13H28N2O/c1-12(2,16-5)6-9-15-10-7-13(3,14-4)8-11-15/h14H,6-11H2,1-5H3. The Morgan fingerprint density at radius 2 is 1.88 bits per heavy atom. The predicted molar refractivity (Wildman–Crippen MR) is 68.8 cm³/mol. The molecule has 1 N–H and O–H groups in total. The first-order valence-corrected chi connectivity index (χ1v) is 6.37. The Hall–Kier alpha value is -0.120. The van der Waals surface area contributed by atoms with Crippen molar-refractivity contribution in [3.8, 4) is 0 Å². The number of nitrogens with zero attached hydrogens (tertiary/aromatic N) is 1. The Kier molecular flexibility index (Phi) is 4.77. The third-order valence-electron chi connectivity index (χ3n) is 4.15. The average Bonchev–Trinajstić information content (AvgIpc) is 2.29.